The highest BCUT2D eigenvalue weighted by atomic mass is 35.5. The van der Waals surface area contributed by atoms with Crippen molar-refractivity contribution in [2.45, 2.75) is 0 Å². The molecule has 9 heteroatoms. The average Bonchev–Trinajstić information content (AvgIpc) is 0.592. The van der Waals surface area contributed by atoms with Gasteiger partial charge in [0.2, 0.25) is 0 Å². The predicted molar refractivity (Wildman–Crippen MR) is 22.2 cm³/mol. The fraction of sp³-hybridized carbons (Fsp3) is 0. The molecule has 0 heterocycles. The van der Waals surface area contributed by atoms with Crippen LogP contribution in [0.25, 0.3) is 0 Å². The molecule has 0 aromatic carbocycles. The number of hydrogen-bond donors (Lipinski definition) is 0. The Labute approximate surface area is 52.8 Å². The molecule has 0 unspecified atom stereocenters. The Morgan fingerprint density at radius 2 is 0.667 bits per heavy atom. The summed E-state index contributed by atoms with van der Waals surface area (Å²) in [6.45, 7) is 0. The zero-order chi connectivity index (χ0) is 6.41. The third-order valence-corrected chi connectivity index (χ3v) is 0. The molecule has 0 aromatic heterocycles. The highest BCUT2D eigenvalue weighted by Crippen LogP contribution is 2.99. The van der Waals surface area contributed by atoms with E-state index in [1.54, 1.807) is 0 Å². The molecule has 0 bridgehead atoms. The van der Waals surface area contributed by atoms with Crippen molar-refractivity contribution in [1.29, 1.82) is 0 Å². The number of hydrogen-bond acceptors (Lipinski definition) is 0. The first-order valence-corrected chi connectivity index (χ1v) is 2.78. The highest BCUT2D eigenvalue weighted by Gasteiger charge is 2.64. The Hall–Kier alpha value is 0.180. The Balaban J connectivity index is -0.000000180. The molecule has 0 aliphatic heterocycles. The van der Waals surface area contributed by atoms with Crippen LogP contribution in [0.15, 0.2) is 0 Å². The zero-order valence-electron chi connectivity index (χ0n) is 3.49. The fourth-order valence-corrected chi connectivity index (χ4v) is 0. The summed E-state index contributed by atoms with van der Waals surface area (Å²) in [5.41, 5.74) is 0. The summed E-state index contributed by atoms with van der Waals surface area (Å²) in [6, 6.07) is 0. The van der Waals surface area contributed by atoms with Crippen molar-refractivity contribution >= 4 is 23.0 Å². The van der Waals surface area contributed by atoms with E-state index in [1.807, 2.05) is 0 Å². The van der Waals surface area contributed by atoms with Gasteiger partial charge < -0.3 is 0 Å². The van der Waals surface area contributed by atoms with Gasteiger partial charge in [-0.25, -0.2) is 0 Å². The first-order valence-electron chi connectivity index (χ1n) is 0.926. The van der Waals surface area contributed by atoms with Crippen LogP contribution in [0, 0.1) is 0 Å². The fourth-order valence-electron chi connectivity index (χ4n) is 0. The van der Waals surface area contributed by atoms with Gasteiger partial charge in [0, 0.05) is 5.48 Å². The Morgan fingerprint density at radius 1 is 0.667 bits per heavy atom. The lowest BCUT2D eigenvalue weighted by molar-refractivity contribution is 0.291. The van der Waals surface area contributed by atoms with Crippen LogP contribution in [-0.2, 0) is 5.48 Å². The van der Waals surface area contributed by atoms with Crippen LogP contribution in [-0.4, -0.2) is 0 Å². The van der Waals surface area contributed by atoms with Crippen LogP contribution < -0.4 is 0 Å². The molecule has 0 saturated heterocycles. The second-order valence-electron chi connectivity index (χ2n) is 0.875. The van der Waals surface area contributed by atoms with Crippen LogP contribution in [0.5, 0.6) is 0 Å². The first-order chi connectivity index (χ1) is 2.45. The SMILES string of the molecule is Cl.FS(F)(F)(F)(F)F.[O]. The molecule has 62 valence electrons. The molecular formula is HClF6OS. The monoisotopic (exact) mass is 198 g/mol. The second kappa shape index (κ2) is 1.83. The van der Waals surface area contributed by atoms with Gasteiger partial charge in [-0.3, -0.25) is 0 Å². The van der Waals surface area contributed by atoms with E-state index in [0.717, 1.165) is 0 Å². The smallest absolute Gasteiger partial charge is 0.147 e. The minimum atomic E-state index is -10.5. The van der Waals surface area contributed by atoms with E-state index >= 15 is 0 Å². The first kappa shape index (κ1) is 16.1. The molecule has 0 fully saturated rings. The molecule has 0 atom stereocenters. The lowest BCUT2D eigenvalue weighted by atomic mass is 16.0. The lowest BCUT2D eigenvalue weighted by Gasteiger charge is -2.28. The van der Waals surface area contributed by atoms with Crippen LogP contribution in [0.4, 0.5) is 23.3 Å². The summed E-state index contributed by atoms with van der Waals surface area (Å²) >= 11 is 0. The van der Waals surface area contributed by atoms with Crippen molar-refractivity contribution in [2.24, 2.45) is 0 Å². The molecule has 0 aromatic rings. The Morgan fingerprint density at radius 3 is 0.667 bits per heavy atom. The lowest BCUT2D eigenvalue weighted by Crippen LogP contribution is -1.92. The van der Waals surface area contributed by atoms with Crippen molar-refractivity contribution in [1.82, 2.24) is 0 Å². The quantitative estimate of drug-likeness (QED) is 0.533. The largest absolute Gasteiger partial charge is 0.431 e. The summed E-state index contributed by atoms with van der Waals surface area (Å²) in [4.78, 5) is 0. The van der Waals surface area contributed by atoms with E-state index in [2.05, 4.69) is 0 Å². The minimum Gasteiger partial charge on any atom is -0.147 e. The number of rotatable bonds is 0. The molecule has 2 radical (unpaired) electrons. The molecule has 0 aliphatic rings. The molecule has 0 spiro atoms. The second-order valence-corrected chi connectivity index (χ2v) is 2.62. The van der Waals surface area contributed by atoms with E-state index in [4.69, 9.17) is 0 Å². The van der Waals surface area contributed by atoms with Gasteiger partial charge in [-0.2, -0.15) is 0 Å². The van der Waals surface area contributed by atoms with Crippen molar-refractivity contribution in [2.75, 3.05) is 0 Å². The van der Waals surface area contributed by atoms with Gasteiger partial charge in [0.25, 0.3) is 0 Å². The van der Waals surface area contributed by atoms with Gasteiger partial charge in [0.1, 0.15) is 0 Å². The predicted octanol–water partition coefficient (Wildman–Crippen LogP) is 3.47. The molecule has 1 nitrogen and oxygen atoms in total. The third kappa shape index (κ3) is 9640. The van der Waals surface area contributed by atoms with Gasteiger partial charge in [-0.05, 0) is 0 Å². The normalized spacial score (nSPS) is 18.0. The summed E-state index contributed by atoms with van der Waals surface area (Å²) in [5, 5.41) is 0. The summed E-state index contributed by atoms with van der Waals surface area (Å²) in [7, 11) is -10.5. The molecular weight excluding hydrogens is 198 g/mol. The van der Waals surface area contributed by atoms with Crippen molar-refractivity contribution in [3.63, 3.8) is 0 Å². The van der Waals surface area contributed by atoms with E-state index < -0.39 is 10.6 Å². The summed E-state index contributed by atoms with van der Waals surface area (Å²) < 4.78 is 59.1. The van der Waals surface area contributed by atoms with Gasteiger partial charge >= 0.3 is 10.6 Å². The Bertz CT molecular complexity index is 71.6. The Kier molecular flexibility index (Phi) is 3.27. The maximum atomic E-state index is 9.85. The van der Waals surface area contributed by atoms with Gasteiger partial charge in [0.05, 0.1) is 0 Å². The van der Waals surface area contributed by atoms with Crippen molar-refractivity contribution < 1.29 is 28.8 Å². The maximum absolute atomic E-state index is 10.5. The summed E-state index contributed by atoms with van der Waals surface area (Å²) in [5.74, 6) is 0. The third-order valence-electron chi connectivity index (χ3n) is 0. The van der Waals surface area contributed by atoms with Crippen molar-refractivity contribution in [3.8, 4) is 0 Å². The van der Waals surface area contributed by atoms with Gasteiger partial charge in [-0.1, -0.05) is 23.3 Å². The van der Waals surface area contributed by atoms with E-state index in [-0.39, 0.29) is 17.9 Å². The van der Waals surface area contributed by atoms with Gasteiger partial charge in [0.15, 0.2) is 0 Å². The van der Waals surface area contributed by atoms with Crippen LogP contribution in [0.3, 0.4) is 0 Å². The van der Waals surface area contributed by atoms with Crippen LogP contribution >= 0.6 is 23.0 Å². The molecule has 0 rings (SSSR count). The highest BCUT2D eigenvalue weighted by molar-refractivity contribution is 8.41. The van der Waals surface area contributed by atoms with Crippen LogP contribution in [0.1, 0.15) is 0 Å². The molecule has 0 amide bonds. The maximum Gasteiger partial charge on any atom is 0.431 e. The zero-order valence-corrected chi connectivity index (χ0v) is 5.13. The topological polar surface area (TPSA) is 28.5 Å². The molecule has 0 saturated carbocycles. The van der Waals surface area contributed by atoms with E-state index in [0.29, 0.717) is 0 Å². The molecule has 0 aliphatic carbocycles. The standard InChI is InChI=1S/ClH.F6S.O/c;1-7(2,3,4,5)6;/h1H;;. The molecule has 9 heavy (non-hydrogen) atoms. The minimum absolute atomic E-state index is 0. The van der Waals surface area contributed by atoms with E-state index in [9.17, 15) is 23.3 Å². The number of halogens is 7. The molecule has 0 N–H and O–H groups in total. The average molecular weight is 199 g/mol. The van der Waals surface area contributed by atoms with Gasteiger partial charge in [-0.15, -0.1) is 12.4 Å². The summed E-state index contributed by atoms with van der Waals surface area (Å²) in [6.07, 6.45) is 0. The van der Waals surface area contributed by atoms with E-state index in [1.165, 1.54) is 0 Å². The van der Waals surface area contributed by atoms with Crippen LogP contribution in [0.2, 0.25) is 0 Å². The van der Waals surface area contributed by atoms with Crippen molar-refractivity contribution in [3.05, 3.63) is 0 Å².